The summed E-state index contributed by atoms with van der Waals surface area (Å²) in [5.41, 5.74) is 0.653. The van der Waals surface area contributed by atoms with E-state index in [4.69, 9.17) is 0 Å². The van der Waals surface area contributed by atoms with Crippen molar-refractivity contribution in [2.24, 2.45) is 0 Å². The molecule has 2 fully saturated rings. The molecule has 30 heavy (non-hydrogen) atoms. The van der Waals surface area contributed by atoms with Gasteiger partial charge in [0.1, 0.15) is 22.6 Å². The average molecular weight is 435 g/mol. The lowest BCUT2D eigenvalue weighted by Crippen LogP contribution is -2.52. The van der Waals surface area contributed by atoms with Gasteiger partial charge in [-0.25, -0.2) is 17.2 Å². The topological polar surface area (TPSA) is 69.7 Å². The number of rotatable bonds is 6. The molecular formula is C21H23F2N3O3S. The number of nitrogens with one attached hydrogen (secondary N) is 1. The first-order chi connectivity index (χ1) is 14.4. The van der Waals surface area contributed by atoms with Gasteiger partial charge in [0.15, 0.2) is 0 Å². The number of piperazine rings is 1. The van der Waals surface area contributed by atoms with Crippen molar-refractivity contribution in [1.82, 2.24) is 14.5 Å². The van der Waals surface area contributed by atoms with E-state index < -0.39 is 21.9 Å². The summed E-state index contributed by atoms with van der Waals surface area (Å²) in [4.78, 5) is 14.4. The van der Waals surface area contributed by atoms with Gasteiger partial charge in [0.25, 0.3) is 0 Å². The van der Waals surface area contributed by atoms with Gasteiger partial charge in [-0.05, 0) is 42.7 Å². The summed E-state index contributed by atoms with van der Waals surface area (Å²) in [5, 5.41) is 2.98. The van der Waals surface area contributed by atoms with Crippen molar-refractivity contribution >= 4 is 15.9 Å². The number of benzene rings is 2. The van der Waals surface area contributed by atoms with E-state index in [0.717, 1.165) is 18.9 Å². The zero-order chi connectivity index (χ0) is 21.3. The molecule has 0 spiro atoms. The van der Waals surface area contributed by atoms with Gasteiger partial charge >= 0.3 is 0 Å². The SMILES string of the molecule is O=C(NC1CC1)[C@H](c1ccc(F)cc1)N1CCN(S(=O)(=O)c2ccccc2F)CC1. The maximum Gasteiger partial charge on any atom is 0.246 e. The molecule has 1 N–H and O–H groups in total. The van der Waals surface area contributed by atoms with Gasteiger partial charge in [-0.2, -0.15) is 4.31 Å². The molecule has 2 aromatic rings. The summed E-state index contributed by atoms with van der Waals surface area (Å²) < 4.78 is 54.3. The number of sulfonamides is 1. The summed E-state index contributed by atoms with van der Waals surface area (Å²) in [7, 11) is -3.96. The Morgan fingerprint density at radius 1 is 0.967 bits per heavy atom. The largest absolute Gasteiger partial charge is 0.352 e. The van der Waals surface area contributed by atoms with Crippen molar-refractivity contribution < 1.29 is 22.0 Å². The Kier molecular flexibility index (Phi) is 5.86. The van der Waals surface area contributed by atoms with Crippen LogP contribution in [0.25, 0.3) is 0 Å². The van der Waals surface area contributed by atoms with Crippen LogP contribution in [0.3, 0.4) is 0 Å². The highest BCUT2D eigenvalue weighted by molar-refractivity contribution is 7.89. The quantitative estimate of drug-likeness (QED) is 0.756. The second kappa shape index (κ2) is 8.41. The fourth-order valence-electron chi connectivity index (χ4n) is 3.68. The lowest BCUT2D eigenvalue weighted by Gasteiger charge is -2.38. The van der Waals surface area contributed by atoms with Crippen LogP contribution in [0.1, 0.15) is 24.4 Å². The van der Waals surface area contributed by atoms with E-state index >= 15 is 0 Å². The highest BCUT2D eigenvalue weighted by atomic mass is 32.2. The number of nitrogens with zero attached hydrogens (tertiary/aromatic N) is 2. The van der Waals surface area contributed by atoms with E-state index in [2.05, 4.69) is 5.32 Å². The summed E-state index contributed by atoms with van der Waals surface area (Å²) in [6, 6.07) is 10.6. The zero-order valence-electron chi connectivity index (χ0n) is 16.3. The molecule has 9 heteroatoms. The van der Waals surface area contributed by atoms with Crippen molar-refractivity contribution in [3.05, 3.63) is 65.7 Å². The number of carbonyl (C=O) groups excluding carboxylic acids is 1. The van der Waals surface area contributed by atoms with Gasteiger partial charge < -0.3 is 5.32 Å². The molecule has 6 nitrogen and oxygen atoms in total. The van der Waals surface area contributed by atoms with Crippen LogP contribution in [-0.4, -0.2) is 55.8 Å². The molecule has 1 atom stereocenters. The first kappa shape index (κ1) is 20.9. The molecular weight excluding hydrogens is 412 g/mol. The van der Waals surface area contributed by atoms with E-state index in [1.165, 1.54) is 34.6 Å². The second-order valence-electron chi connectivity index (χ2n) is 7.61. The lowest BCUT2D eigenvalue weighted by molar-refractivity contribution is -0.127. The van der Waals surface area contributed by atoms with Crippen molar-refractivity contribution in [1.29, 1.82) is 0 Å². The van der Waals surface area contributed by atoms with Crippen LogP contribution in [0, 0.1) is 11.6 Å². The van der Waals surface area contributed by atoms with Crippen LogP contribution >= 0.6 is 0 Å². The molecule has 0 bridgehead atoms. The number of halogens is 2. The molecule has 0 unspecified atom stereocenters. The van der Waals surface area contributed by atoms with Crippen molar-refractivity contribution in [3.8, 4) is 0 Å². The molecule has 1 saturated heterocycles. The molecule has 1 saturated carbocycles. The maximum atomic E-state index is 14.0. The third kappa shape index (κ3) is 4.38. The molecule has 160 valence electrons. The van der Waals surface area contributed by atoms with Gasteiger partial charge in [-0.3, -0.25) is 9.69 Å². The summed E-state index contributed by atoms with van der Waals surface area (Å²) in [6.07, 6.45) is 1.88. The Balaban J connectivity index is 1.51. The van der Waals surface area contributed by atoms with Gasteiger partial charge in [0.2, 0.25) is 15.9 Å². The average Bonchev–Trinajstić information content (AvgIpc) is 3.54. The number of carbonyl (C=O) groups is 1. The van der Waals surface area contributed by atoms with E-state index in [-0.39, 0.29) is 35.8 Å². The minimum atomic E-state index is -3.96. The minimum absolute atomic E-state index is 0.130. The van der Waals surface area contributed by atoms with Gasteiger partial charge in [-0.1, -0.05) is 24.3 Å². The molecule has 4 rings (SSSR count). The van der Waals surface area contributed by atoms with Crippen LogP contribution in [0.2, 0.25) is 0 Å². The number of hydrogen-bond donors (Lipinski definition) is 1. The fraction of sp³-hybridized carbons (Fsp3) is 0.381. The third-order valence-corrected chi connectivity index (χ3v) is 7.38. The Labute approximate surface area is 174 Å². The van der Waals surface area contributed by atoms with Crippen LogP contribution in [0.5, 0.6) is 0 Å². The Bertz CT molecular complexity index is 1020. The maximum absolute atomic E-state index is 14.0. The van der Waals surface area contributed by atoms with Gasteiger partial charge in [-0.15, -0.1) is 0 Å². The Morgan fingerprint density at radius 2 is 1.60 bits per heavy atom. The first-order valence-electron chi connectivity index (χ1n) is 9.91. The smallest absolute Gasteiger partial charge is 0.246 e. The van der Waals surface area contributed by atoms with Crippen LogP contribution in [0.4, 0.5) is 8.78 Å². The molecule has 0 aromatic heterocycles. The van der Waals surface area contributed by atoms with Crippen LogP contribution in [-0.2, 0) is 14.8 Å². The minimum Gasteiger partial charge on any atom is -0.352 e. The third-order valence-electron chi connectivity index (χ3n) is 5.45. The van der Waals surface area contributed by atoms with E-state index in [1.54, 1.807) is 12.1 Å². The molecule has 1 amide bonds. The molecule has 2 aromatic carbocycles. The van der Waals surface area contributed by atoms with Crippen LogP contribution < -0.4 is 5.32 Å². The Hall–Kier alpha value is -2.36. The second-order valence-corrected chi connectivity index (χ2v) is 9.51. The van der Waals surface area contributed by atoms with Gasteiger partial charge in [0.05, 0.1) is 0 Å². The predicted octanol–water partition coefficient (Wildman–Crippen LogP) is 2.29. The van der Waals surface area contributed by atoms with E-state index in [0.29, 0.717) is 18.7 Å². The predicted molar refractivity (Wildman–Crippen MR) is 107 cm³/mol. The van der Waals surface area contributed by atoms with Crippen molar-refractivity contribution in [3.63, 3.8) is 0 Å². The summed E-state index contributed by atoms with van der Waals surface area (Å²) >= 11 is 0. The van der Waals surface area contributed by atoms with Crippen molar-refractivity contribution in [2.75, 3.05) is 26.2 Å². The monoisotopic (exact) mass is 435 g/mol. The summed E-state index contributed by atoms with van der Waals surface area (Å²) in [5.74, 6) is -1.34. The zero-order valence-corrected chi connectivity index (χ0v) is 17.1. The molecule has 1 aliphatic carbocycles. The fourth-order valence-corrected chi connectivity index (χ4v) is 5.16. The van der Waals surface area contributed by atoms with Gasteiger partial charge in [0, 0.05) is 32.2 Å². The molecule has 1 heterocycles. The molecule has 2 aliphatic rings. The van der Waals surface area contributed by atoms with E-state index in [1.807, 2.05) is 4.90 Å². The van der Waals surface area contributed by atoms with Crippen LogP contribution in [0.15, 0.2) is 53.4 Å². The molecule has 1 aliphatic heterocycles. The Morgan fingerprint density at radius 3 is 2.20 bits per heavy atom. The van der Waals surface area contributed by atoms with Crippen molar-refractivity contribution in [2.45, 2.75) is 29.8 Å². The molecule has 0 radical (unpaired) electrons. The first-order valence-corrected chi connectivity index (χ1v) is 11.3. The van der Waals surface area contributed by atoms with E-state index in [9.17, 15) is 22.0 Å². The lowest BCUT2D eigenvalue weighted by atomic mass is 10.0. The number of hydrogen-bond acceptors (Lipinski definition) is 4. The normalized spacial score (nSPS) is 19.4. The summed E-state index contributed by atoms with van der Waals surface area (Å²) in [6.45, 7) is 0.859. The standard InChI is InChI=1S/C21H23F2N3O3S/c22-16-7-5-15(6-8-16)20(21(27)24-17-9-10-17)25-11-13-26(14-12-25)30(28,29)19-4-2-1-3-18(19)23/h1-8,17,20H,9-14H2,(H,24,27)/t20-/m0/s1. The number of amides is 1. The highest BCUT2D eigenvalue weighted by Crippen LogP contribution is 2.28. The highest BCUT2D eigenvalue weighted by Gasteiger charge is 2.36.